The molecule has 7 nitrogen and oxygen atoms in total. The van der Waals surface area contributed by atoms with Gasteiger partial charge in [-0.15, -0.1) is 0 Å². The second kappa shape index (κ2) is 9.60. The van der Waals surface area contributed by atoms with Crippen molar-refractivity contribution in [1.29, 1.82) is 0 Å². The minimum Gasteiger partial charge on any atom is -0.325 e. The van der Waals surface area contributed by atoms with E-state index in [1.807, 2.05) is 42.5 Å². The van der Waals surface area contributed by atoms with E-state index in [-0.39, 0.29) is 6.54 Å². The van der Waals surface area contributed by atoms with Gasteiger partial charge in [-0.25, -0.2) is 9.69 Å². The van der Waals surface area contributed by atoms with Crippen LogP contribution in [-0.4, -0.2) is 46.6 Å². The monoisotopic (exact) mass is 431 g/mol. The Bertz CT molecular complexity index is 1060. The average Bonchev–Trinajstić information content (AvgIpc) is 3.02. The number of carbonyl (C=O) groups excluding carboxylic acids is 4. The number of nitrogens with zero attached hydrogens (tertiary/aromatic N) is 2. The molecular formula is C25H25N3O4. The van der Waals surface area contributed by atoms with E-state index in [1.54, 1.807) is 12.1 Å². The van der Waals surface area contributed by atoms with Crippen LogP contribution in [0.1, 0.15) is 32.1 Å². The van der Waals surface area contributed by atoms with E-state index < -0.39 is 30.3 Å². The van der Waals surface area contributed by atoms with Crippen LogP contribution in [0.4, 0.5) is 10.5 Å². The van der Waals surface area contributed by atoms with Gasteiger partial charge >= 0.3 is 17.8 Å². The van der Waals surface area contributed by atoms with Crippen molar-refractivity contribution in [3.63, 3.8) is 0 Å². The normalized spacial score (nSPS) is 16.4. The van der Waals surface area contributed by atoms with Crippen molar-refractivity contribution >= 4 is 29.4 Å². The van der Waals surface area contributed by atoms with Crippen LogP contribution in [0.5, 0.6) is 0 Å². The second-order valence-electron chi connectivity index (χ2n) is 7.98. The van der Waals surface area contributed by atoms with Gasteiger partial charge in [-0.2, -0.15) is 0 Å². The van der Waals surface area contributed by atoms with Crippen molar-refractivity contribution in [2.45, 2.75) is 32.1 Å². The summed E-state index contributed by atoms with van der Waals surface area (Å²) in [5.74, 6) is -2.36. The summed E-state index contributed by atoms with van der Waals surface area (Å²) in [5, 5.41) is 2.68. The van der Waals surface area contributed by atoms with Gasteiger partial charge in [0.15, 0.2) is 0 Å². The number of nitrogens with one attached hydrogen (secondary N) is 1. The molecule has 0 aromatic heterocycles. The fraction of sp³-hybridized carbons (Fsp3) is 0.280. The molecule has 2 aromatic rings. The Morgan fingerprint density at radius 3 is 2.22 bits per heavy atom. The van der Waals surface area contributed by atoms with Gasteiger partial charge in [0.1, 0.15) is 6.54 Å². The lowest BCUT2D eigenvalue weighted by atomic mass is 9.97. The van der Waals surface area contributed by atoms with Crippen LogP contribution in [0.25, 0.3) is 11.1 Å². The van der Waals surface area contributed by atoms with Crippen LogP contribution in [-0.2, 0) is 14.4 Å². The van der Waals surface area contributed by atoms with E-state index in [2.05, 4.69) is 11.4 Å². The number of rotatable bonds is 7. The summed E-state index contributed by atoms with van der Waals surface area (Å²) in [7, 11) is 0. The molecule has 2 aromatic carbocycles. The van der Waals surface area contributed by atoms with Crippen molar-refractivity contribution in [2.24, 2.45) is 0 Å². The van der Waals surface area contributed by atoms with Gasteiger partial charge < -0.3 is 5.32 Å². The van der Waals surface area contributed by atoms with Crippen LogP contribution in [0.2, 0.25) is 0 Å². The molecule has 0 atom stereocenters. The molecule has 1 aliphatic carbocycles. The van der Waals surface area contributed by atoms with Gasteiger partial charge in [0, 0.05) is 12.2 Å². The predicted molar refractivity (Wildman–Crippen MR) is 120 cm³/mol. The predicted octanol–water partition coefficient (Wildman–Crippen LogP) is 3.97. The lowest BCUT2D eigenvalue weighted by Crippen LogP contribution is -2.39. The number of allylic oxidation sites excluding steroid dienone is 1. The van der Waals surface area contributed by atoms with Crippen molar-refractivity contribution < 1.29 is 19.2 Å². The molecule has 0 spiro atoms. The zero-order valence-corrected chi connectivity index (χ0v) is 17.8. The topological polar surface area (TPSA) is 86.8 Å². The molecule has 0 saturated carbocycles. The Morgan fingerprint density at radius 2 is 1.53 bits per heavy atom. The highest BCUT2D eigenvalue weighted by molar-refractivity contribution is 6.45. The summed E-state index contributed by atoms with van der Waals surface area (Å²) >= 11 is 0. The molecule has 32 heavy (non-hydrogen) atoms. The smallest absolute Gasteiger partial charge is 0.325 e. The fourth-order valence-electron chi connectivity index (χ4n) is 3.99. The highest BCUT2D eigenvalue weighted by Gasteiger charge is 2.44. The number of amides is 5. The molecular weight excluding hydrogens is 406 g/mol. The first-order chi connectivity index (χ1) is 15.5. The number of imide groups is 2. The van der Waals surface area contributed by atoms with Crippen LogP contribution in [0.3, 0.4) is 0 Å². The number of carbonyl (C=O) groups is 4. The molecule has 1 N–H and O–H groups in total. The molecule has 1 fully saturated rings. The van der Waals surface area contributed by atoms with E-state index in [1.165, 1.54) is 5.57 Å². The Balaban J connectivity index is 1.34. The van der Waals surface area contributed by atoms with E-state index in [0.29, 0.717) is 17.0 Å². The zero-order chi connectivity index (χ0) is 22.5. The summed E-state index contributed by atoms with van der Waals surface area (Å²) in [5.41, 5.74) is 3.81. The summed E-state index contributed by atoms with van der Waals surface area (Å²) in [4.78, 5) is 51.3. The number of hydrogen-bond acceptors (Lipinski definition) is 4. The average molecular weight is 431 g/mol. The molecule has 2 aliphatic rings. The highest BCUT2D eigenvalue weighted by atomic mass is 16.2. The SMILES string of the molecule is O=C(CN1C(=O)C(=O)N(CCC2=CCCCC2)C1=O)Nc1ccc(-c2ccccc2)cc1. The third-order valence-electron chi connectivity index (χ3n) is 5.75. The highest BCUT2D eigenvalue weighted by Crippen LogP contribution is 2.23. The zero-order valence-electron chi connectivity index (χ0n) is 17.8. The van der Waals surface area contributed by atoms with Gasteiger partial charge in [0.05, 0.1) is 0 Å². The molecule has 5 amide bonds. The first kappa shape index (κ1) is 21.5. The lowest BCUT2D eigenvalue weighted by molar-refractivity contribution is -0.143. The van der Waals surface area contributed by atoms with Crippen LogP contribution >= 0.6 is 0 Å². The van der Waals surface area contributed by atoms with Gasteiger partial charge in [0.2, 0.25) is 5.91 Å². The molecule has 4 rings (SSSR count). The van der Waals surface area contributed by atoms with Crippen molar-refractivity contribution in [2.75, 3.05) is 18.4 Å². The van der Waals surface area contributed by atoms with Gasteiger partial charge in [0.25, 0.3) is 0 Å². The van der Waals surface area contributed by atoms with Gasteiger partial charge in [-0.1, -0.05) is 54.1 Å². The second-order valence-corrected chi connectivity index (χ2v) is 7.98. The Hall–Kier alpha value is -3.74. The van der Waals surface area contributed by atoms with E-state index in [9.17, 15) is 19.2 Å². The summed E-state index contributed by atoms with van der Waals surface area (Å²) in [6.07, 6.45) is 6.93. The Kier molecular flexibility index (Phi) is 6.44. The maximum atomic E-state index is 12.6. The minimum atomic E-state index is -0.956. The van der Waals surface area contributed by atoms with Crippen molar-refractivity contribution in [1.82, 2.24) is 9.80 Å². The largest absolute Gasteiger partial charge is 0.334 e. The van der Waals surface area contributed by atoms with Crippen molar-refractivity contribution in [3.8, 4) is 11.1 Å². The maximum Gasteiger partial charge on any atom is 0.334 e. The first-order valence-electron chi connectivity index (χ1n) is 10.8. The quantitative estimate of drug-likeness (QED) is 0.408. The number of anilines is 1. The molecule has 0 radical (unpaired) electrons. The Morgan fingerprint density at radius 1 is 0.844 bits per heavy atom. The third kappa shape index (κ3) is 4.77. The van der Waals surface area contributed by atoms with Gasteiger partial charge in [-0.05, 0) is 55.4 Å². The molecule has 1 aliphatic heterocycles. The molecule has 7 heteroatoms. The molecule has 164 valence electrons. The summed E-state index contributed by atoms with van der Waals surface area (Å²) in [6, 6.07) is 16.4. The fourth-order valence-corrected chi connectivity index (χ4v) is 3.99. The van der Waals surface area contributed by atoms with Gasteiger partial charge in [-0.3, -0.25) is 19.3 Å². The van der Waals surface area contributed by atoms with E-state index in [0.717, 1.165) is 41.7 Å². The number of urea groups is 1. The minimum absolute atomic E-state index is 0.161. The number of hydrogen-bond donors (Lipinski definition) is 1. The molecule has 0 bridgehead atoms. The number of benzene rings is 2. The van der Waals surface area contributed by atoms with E-state index >= 15 is 0 Å². The third-order valence-corrected chi connectivity index (χ3v) is 5.75. The summed E-state index contributed by atoms with van der Waals surface area (Å²) in [6.45, 7) is -0.336. The van der Waals surface area contributed by atoms with Crippen LogP contribution in [0, 0.1) is 0 Å². The van der Waals surface area contributed by atoms with Crippen molar-refractivity contribution in [3.05, 3.63) is 66.2 Å². The molecule has 0 unspecified atom stereocenters. The molecule has 1 saturated heterocycles. The lowest BCUT2D eigenvalue weighted by Gasteiger charge is -2.17. The maximum absolute atomic E-state index is 12.6. The molecule has 1 heterocycles. The first-order valence-corrected chi connectivity index (χ1v) is 10.8. The summed E-state index contributed by atoms with van der Waals surface area (Å²) < 4.78 is 0. The van der Waals surface area contributed by atoms with E-state index in [4.69, 9.17) is 0 Å². The Labute approximate surface area is 186 Å². The van der Waals surface area contributed by atoms with Crippen LogP contribution < -0.4 is 5.32 Å². The standard InChI is InChI=1S/C25H25N3O4/c29-22(26-21-13-11-20(12-14-21)19-9-5-2-6-10-19)17-28-24(31)23(30)27(25(28)32)16-15-18-7-3-1-4-8-18/h2,5-7,9-14H,1,3-4,8,15-17H2,(H,26,29). The van der Waals surface area contributed by atoms with Crippen LogP contribution in [0.15, 0.2) is 66.2 Å².